The summed E-state index contributed by atoms with van der Waals surface area (Å²) < 4.78 is 96.9. The minimum Gasteiger partial charge on any atom is -0.436 e. The van der Waals surface area contributed by atoms with Crippen molar-refractivity contribution in [2.45, 2.75) is 25.2 Å². The number of fused-ring (bicyclic) bond motifs is 3. The van der Waals surface area contributed by atoms with Crippen LogP contribution in [-0.2, 0) is 41.3 Å². The minimum atomic E-state index is -5.00. The molecule has 8 nitrogen and oxygen atoms in total. The Morgan fingerprint density at radius 1 is 1.14 bits per heavy atom. The van der Waals surface area contributed by atoms with E-state index in [9.17, 15) is 45.1 Å². The number of alkyl halides is 5. The molecule has 4 aromatic rings. The molecule has 0 saturated heterocycles. The topological polar surface area (TPSA) is 100 Å². The van der Waals surface area contributed by atoms with Gasteiger partial charge in [0.05, 0.1) is 29.6 Å². The monoisotopic (exact) mass is 665 g/mol. The molecule has 1 aliphatic heterocycles. The van der Waals surface area contributed by atoms with Crippen molar-refractivity contribution in [3.63, 3.8) is 0 Å². The fourth-order valence-corrected chi connectivity index (χ4v) is 4.99. The van der Waals surface area contributed by atoms with E-state index in [1.54, 1.807) is 0 Å². The van der Waals surface area contributed by atoms with Crippen LogP contribution in [0.1, 0.15) is 43.4 Å². The van der Waals surface area contributed by atoms with Crippen LogP contribution in [0.5, 0.6) is 0 Å². The molecule has 44 heavy (non-hydrogen) atoms. The number of rotatable bonds is 6. The van der Waals surface area contributed by atoms with E-state index in [0.717, 1.165) is 33.4 Å². The summed E-state index contributed by atoms with van der Waals surface area (Å²) in [7, 11) is 1.29. The number of anilines is 1. The van der Waals surface area contributed by atoms with Gasteiger partial charge in [-0.1, -0.05) is 0 Å². The zero-order chi connectivity index (χ0) is 30.7. The number of hydrogen-bond donors (Lipinski definition) is 2. The maximum absolute atomic E-state index is 14.2. The Morgan fingerprint density at radius 2 is 1.82 bits per heavy atom. The second kappa shape index (κ2) is 12.3. The fraction of sp³-hybridized carbons (Fsp3) is 0.179. The van der Waals surface area contributed by atoms with Crippen LogP contribution >= 0.6 is 0 Å². The summed E-state index contributed by atoms with van der Waals surface area (Å²) in [4.78, 5) is 39.3. The maximum Gasteiger partial charge on any atom is 3.00 e. The number of halogens is 7. The van der Waals surface area contributed by atoms with Crippen molar-refractivity contribution in [3.8, 4) is 0 Å². The Hall–Kier alpha value is -4.44. The average Bonchev–Trinajstić information content (AvgIpc) is 3.33. The summed E-state index contributed by atoms with van der Waals surface area (Å²) in [5.74, 6) is -4.49. The van der Waals surface area contributed by atoms with Crippen LogP contribution in [0.2, 0.25) is 0 Å². The second-order valence-corrected chi connectivity index (χ2v) is 9.28. The fourth-order valence-electron chi connectivity index (χ4n) is 4.99. The van der Waals surface area contributed by atoms with Gasteiger partial charge in [0.25, 0.3) is 12.3 Å². The van der Waals surface area contributed by atoms with Gasteiger partial charge in [-0.05, 0) is 35.4 Å². The summed E-state index contributed by atoms with van der Waals surface area (Å²) in [5.41, 5.74) is -3.97. The van der Waals surface area contributed by atoms with Crippen molar-refractivity contribution in [2.24, 2.45) is 7.05 Å². The molecule has 0 fully saturated rings. The van der Waals surface area contributed by atoms with E-state index in [-0.39, 0.29) is 63.7 Å². The molecule has 1 aromatic heterocycles. The number of nitrogens with zero attached hydrogens (tertiary/aromatic N) is 3. The second-order valence-electron chi connectivity index (χ2n) is 9.28. The molecule has 3 amide bonds. The first kappa shape index (κ1) is 34.1. The summed E-state index contributed by atoms with van der Waals surface area (Å²) in [5, 5.41) is 10.6. The predicted molar refractivity (Wildman–Crippen MR) is 137 cm³/mol. The van der Waals surface area contributed by atoms with Crippen LogP contribution in [0.4, 0.5) is 36.4 Å². The van der Waals surface area contributed by atoms with E-state index in [1.807, 2.05) is 0 Å². The maximum atomic E-state index is 14.2. The van der Waals surface area contributed by atoms with Gasteiger partial charge >= 0.3 is 23.0 Å². The van der Waals surface area contributed by atoms with Crippen molar-refractivity contribution in [1.29, 1.82) is 5.41 Å². The van der Waals surface area contributed by atoms with Crippen LogP contribution in [0, 0.1) is 30.5 Å². The van der Waals surface area contributed by atoms with E-state index >= 15 is 0 Å². The number of hydrogen-bond acceptors (Lipinski definition) is 4. The van der Waals surface area contributed by atoms with Gasteiger partial charge in [0.15, 0.2) is 0 Å². The van der Waals surface area contributed by atoms with Gasteiger partial charge in [0.1, 0.15) is 11.7 Å². The molecule has 5 rings (SSSR count). The molecule has 0 spiro atoms. The molecule has 232 valence electrons. The average molecular weight is 665 g/mol. The minimum absolute atomic E-state index is 0. The summed E-state index contributed by atoms with van der Waals surface area (Å²) in [6, 6.07) is 6.49. The Balaban J connectivity index is 0.00000264. The van der Waals surface area contributed by atoms with Crippen LogP contribution in [-0.4, -0.2) is 38.7 Å². The summed E-state index contributed by atoms with van der Waals surface area (Å²) >= 11 is 0. The first-order chi connectivity index (χ1) is 19.7. The number of carbonyl (C=O) groups is 2. The number of amides is 3. The molecule has 1 unspecified atom stereocenters. The van der Waals surface area contributed by atoms with Gasteiger partial charge < -0.3 is 36.4 Å². The van der Waals surface area contributed by atoms with Crippen LogP contribution in [0.3, 0.4) is 0 Å². The quantitative estimate of drug-likeness (QED) is 0.221. The third-order valence-corrected chi connectivity index (χ3v) is 6.72. The molecular formula is C28H19CoF7N5O3. The van der Waals surface area contributed by atoms with Gasteiger partial charge in [-0.2, -0.15) is 25.3 Å². The predicted octanol–water partition coefficient (Wildman–Crippen LogP) is 5.13. The van der Waals surface area contributed by atoms with E-state index in [1.165, 1.54) is 13.5 Å². The van der Waals surface area contributed by atoms with E-state index in [4.69, 9.17) is 5.41 Å². The third kappa shape index (κ3) is 5.73. The van der Waals surface area contributed by atoms with Crippen molar-refractivity contribution < 1.29 is 61.9 Å². The molecule has 1 aliphatic rings. The van der Waals surface area contributed by atoms with Crippen molar-refractivity contribution in [1.82, 2.24) is 14.0 Å². The number of imide groups is 1. The normalized spacial score (nSPS) is 14.3. The van der Waals surface area contributed by atoms with Gasteiger partial charge in [-0.25, -0.2) is 17.6 Å². The number of imidazole rings is 1. The largest absolute Gasteiger partial charge is 3.00 e. The summed E-state index contributed by atoms with van der Waals surface area (Å²) in [6.07, 6.45) is -6.53. The molecule has 3 aromatic carbocycles. The number of carbonyl (C=O) groups excluding carboxylic acids is 3. The molecule has 16 heteroatoms. The van der Waals surface area contributed by atoms with E-state index in [0.29, 0.717) is 17.0 Å². The van der Waals surface area contributed by atoms with Gasteiger partial charge in [-0.3, -0.25) is 10.2 Å². The Bertz CT molecular complexity index is 1850. The van der Waals surface area contributed by atoms with Crippen molar-refractivity contribution >= 4 is 34.9 Å². The van der Waals surface area contributed by atoms with Crippen LogP contribution in [0.25, 0.3) is 11.0 Å². The van der Waals surface area contributed by atoms with Crippen LogP contribution in [0.15, 0.2) is 42.5 Å². The van der Waals surface area contributed by atoms with Crippen LogP contribution < -0.4 is 10.9 Å². The zero-order valence-corrected chi connectivity index (χ0v) is 23.5. The standard InChI is InChI=1S/C27H16F7N5O3.CH3.Co/c1-37-23-18(38(26(37)35)10-19(30)31)9-17(36-24(41)13-5-14(27(32,33)34)8-16(29)7-13)20-21(23)25(42)39(11-40)22(20)12-3-2-4-15(28)6-12;;/h2,4-9,19,22,35H,10H2,1H3,(H,36,41);1H3;/q-2;-1;+3. The van der Waals surface area contributed by atoms with Gasteiger partial charge in [-0.15, -0.1) is 17.7 Å². The molecule has 0 saturated carbocycles. The Kier molecular flexibility index (Phi) is 9.50. The zero-order valence-electron chi connectivity index (χ0n) is 22.4. The molecule has 1 atom stereocenters. The number of aromatic nitrogens is 2. The van der Waals surface area contributed by atoms with E-state index in [2.05, 4.69) is 11.4 Å². The Morgan fingerprint density at radius 3 is 2.41 bits per heavy atom. The molecule has 0 aliphatic carbocycles. The molecular weight excluding hydrogens is 646 g/mol. The number of nitrogens with one attached hydrogen (secondary N) is 2. The van der Waals surface area contributed by atoms with Gasteiger partial charge in [0.2, 0.25) is 5.62 Å². The third-order valence-electron chi connectivity index (χ3n) is 6.72. The molecule has 2 N–H and O–H groups in total. The Labute approximate surface area is 254 Å². The molecule has 0 bridgehead atoms. The number of benzene rings is 3. The molecule has 2 heterocycles. The SMILES string of the molecule is Cn1c(=N)n(CC(F)F)c2cc(NC(=O)c3cc(F)cc(C(F)(F)F)c3)c3c(c21)C(=O)N([C-]=O)C3c1[c-]ccc(F)c1.[CH3-].[Co+3]. The summed E-state index contributed by atoms with van der Waals surface area (Å²) in [6.45, 7) is -1.01. The van der Waals surface area contributed by atoms with Crippen molar-refractivity contribution in [2.75, 3.05) is 5.32 Å². The first-order valence-corrected chi connectivity index (χ1v) is 11.9. The van der Waals surface area contributed by atoms with Crippen molar-refractivity contribution in [3.05, 3.63) is 101 Å². The van der Waals surface area contributed by atoms with Gasteiger partial charge in [0, 0.05) is 30.2 Å². The smallest absolute Gasteiger partial charge is 0.436 e. The number of aryl methyl sites for hydroxylation is 1. The molecule has 0 radical (unpaired) electrons. The first-order valence-electron chi connectivity index (χ1n) is 11.9. The van der Waals surface area contributed by atoms with E-state index < -0.39 is 65.4 Å².